The molecule has 0 radical (unpaired) electrons. The summed E-state index contributed by atoms with van der Waals surface area (Å²) in [6.45, 7) is 6.09. The van der Waals surface area contributed by atoms with Gasteiger partial charge in [-0.25, -0.2) is 0 Å². The predicted molar refractivity (Wildman–Crippen MR) is 110 cm³/mol. The quantitative estimate of drug-likeness (QED) is 0.518. The van der Waals surface area contributed by atoms with Crippen LogP contribution in [0.15, 0.2) is 41.7 Å². The third-order valence-corrected chi connectivity index (χ3v) is 5.75. The van der Waals surface area contributed by atoms with Crippen LogP contribution in [-0.2, 0) is 4.79 Å². The van der Waals surface area contributed by atoms with Gasteiger partial charge in [0.1, 0.15) is 5.70 Å². The Hall–Kier alpha value is -2.76. The zero-order valence-corrected chi connectivity index (χ0v) is 16.8. The number of rotatable bonds is 6. The van der Waals surface area contributed by atoms with Crippen molar-refractivity contribution in [2.45, 2.75) is 45.1 Å². The van der Waals surface area contributed by atoms with Gasteiger partial charge in [0.05, 0.1) is 16.9 Å². The van der Waals surface area contributed by atoms with Crippen molar-refractivity contribution in [3.8, 4) is 5.75 Å². The molecule has 3 rings (SSSR count). The molecule has 28 heavy (non-hydrogen) atoms. The van der Waals surface area contributed by atoms with Crippen LogP contribution in [0, 0.1) is 5.92 Å². The van der Waals surface area contributed by atoms with Gasteiger partial charge in [-0.2, -0.15) is 0 Å². The number of nitrogens with zero attached hydrogens (tertiary/aromatic N) is 1. The van der Waals surface area contributed by atoms with E-state index in [-0.39, 0.29) is 23.0 Å². The molecule has 2 atom stereocenters. The van der Waals surface area contributed by atoms with Crippen LogP contribution in [0.25, 0.3) is 0 Å². The Balaban J connectivity index is 1.86. The van der Waals surface area contributed by atoms with E-state index in [2.05, 4.69) is 24.1 Å². The fraction of sp³-hybridized carbons (Fsp3) is 0.455. The number of phenolic OH excluding ortho intramolecular Hbond substituents is 1. The first-order valence-electron chi connectivity index (χ1n) is 9.90. The number of carbonyl (C=O) groups excluding carboxylic acids is 2. The molecule has 0 bridgehead atoms. The molecule has 1 amide bonds. The Labute approximate surface area is 166 Å². The highest BCUT2D eigenvalue weighted by molar-refractivity contribution is 6.21. The summed E-state index contributed by atoms with van der Waals surface area (Å²) >= 11 is 0. The molecule has 2 aliphatic carbocycles. The number of Topliss-reactive ketones (excluding diaryl/α,β-unsaturated/α-hetero) is 1. The molecule has 2 aliphatic rings. The van der Waals surface area contributed by atoms with Crippen LogP contribution in [0.1, 0.15) is 49.4 Å². The predicted octanol–water partition coefficient (Wildman–Crippen LogP) is 3.41. The SMILES string of the molecule is C=C1C(=O)C(Nc2cccc(C(=O)N(C)C)c2O)=C1N[C@@H]1CCCC[C@H]1CC. The van der Waals surface area contributed by atoms with Crippen molar-refractivity contribution in [3.05, 3.63) is 47.3 Å². The molecule has 0 heterocycles. The highest BCUT2D eigenvalue weighted by Gasteiger charge is 2.36. The normalized spacial score (nSPS) is 22.0. The van der Waals surface area contributed by atoms with Crippen LogP contribution in [0.5, 0.6) is 5.75 Å². The van der Waals surface area contributed by atoms with Crippen molar-refractivity contribution < 1.29 is 14.7 Å². The molecular weight excluding hydrogens is 354 g/mol. The molecule has 1 aromatic rings. The molecule has 6 heteroatoms. The molecule has 0 aromatic heterocycles. The van der Waals surface area contributed by atoms with Gasteiger partial charge in [-0.15, -0.1) is 0 Å². The zero-order valence-electron chi connectivity index (χ0n) is 16.8. The van der Waals surface area contributed by atoms with E-state index in [4.69, 9.17) is 0 Å². The van der Waals surface area contributed by atoms with Crippen molar-refractivity contribution in [2.24, 2.45) is 5.92 Å². The molecule has 1 fully saturated rings. The third kappa shape index (κ3) is 3.63. The van der Waals surface area contributed by atoms with Crippen molar-refractivity contribution in [1.29, 1.82) is 0 Å². The van der Waals surface area contributed by atoms with Crippen LogP contribution >= 0.6 is 0 Å². The minimum absolute atomic E-state index is 0.164. The monoisotopic (exact) mass is 383 g/mol. The summed E-state index contributed by atoms with van der Waals surface area (Å²) in [7, 11) is 3.25. The Kier molecular flexibility index (Phi) is 5.77. The highest BCUT2D eigenvalue weighted by Crippen LogP contribution is 2.36. The number of amides is 1. The maximum Gasteiger partial charge on any atom is 0.257 e. The molecule has 6 nitrogen and oxygen atoms in total. The molecule has 1 aromatic carbocycles. The van der Waals surface area contributed by atoms with Crippen LogP contribution in [0.4, 0.5) is 5.69 Å². The number of phenols is 1. The highest BCUT2D eigenvalue weighted by atomic mass is 16.3. The summed E-state index contributed by atoms with van der Waals surface area (Å²) in [5.74, 6) is -0.0520. The first-order valence-corrected chi connectivity index (χ1v) is 9.90. The summed E-state index contributed by atoms with van der Waals surface area (Å²) < 4.78 is 0. The van der Waals surface area contributed by atoms with Crippen LogP contribution in [0.3, 0.4) is 0 Å². The second-order valence-electron chi connectivity index (χ2n) is 7.79. The molecule has 150 valence electrons. The number of aromatic hydroxyl groups is 1. The number of ketones is 1. The fourth-order valence-electron chi connectivity index (χ4n) is 4.01. The smallest absolute Gasteiger partial charge is 0.257 e. The van der Waals surface area contributed by atoms with Crippen LogP contribution in [-0.4, -0.2) is 41.8 Å². The van der Waals surface area contributed by atoms with E-state index < -0.39 is 0 Å². The molecule has 0 saturated heterocycles. The first-order chi connectivity index (χ1) is 13.3. The van der Waals surface area contributed by atoms with Gasteiger partial charge >= 0.3 is 0 Å². The number of hydrogen-bond acceptors (Lipinski definition) is 5. The number of anilines is 1. The van der Waals surface area contributed by atoms with Gasteiger partial charge in [-0.1, -0.05) is 38.8 Å². The maximum atomic E-state index is 12.4. The number of para-hydroxylation sites is 1. The van der Waals surface area contributed by atoms with Crippen LogP contribution < -0.4 is 10.6 Å². The van der Waals surface area contributed by atoms with Gasteiger partial charge < -0.3 is 20.6 Å². The fourth-order valence-corrected chi connectivity index (χ4v) is 4.01. The number of hydrogen-bond donors (Lipinski definition) is 3. The van der Waals surface area contributed by atoms with Crippen molar-refractivity contribution in [3.63, 3.8) is 0 Å². The minimum atomic E-state index is -0.300. The van der Waals surface area contributed by atoms with Crippen molar-refractivity contribution in [1.82, 2.24) is 10.2 Å². The second-order valence-corrected chi connectivity index (χ2v) is 7.79. The lowest BCUT2D eigenvalue weighted by Gasteiger charge is -2.36. The Bertz CT molecular complexity index is 841. The van der Waals surface area contributed by atoms with Gasteiger partial charge in [0, 0.05) is 25.7 Å². The maximum absolute atomic E-state index is 12.4. The molecule has 3 N–H and O–H groups in total. The number of nitrogens with one attached hydrogen (secondary N) is 2. The van der Waals surface area contributed by atoms with Gasteiger partial charge in [0.15, 0.2) is 5.75 Å². The Morgan fingerprint density at radius 2 is 1.96 bits per heavy atom. The van der Waals surface area contributed by atoms with Gasteiger partial charge in [-0.05, 0) is 30.9 Å². The van der Waals surface area contributed by atoms with Crippen LogP contribution in [0.2, 0.25) is 0 Å². The lowest BCUT2D eigenvalue weighted by atomic mass is 9.81. The molecular formula is C22H29N3O3. The third-order valence-electron chi connectivity index (χ3n) is 5.75. The van der Waals surface area contributed by atoms with E-state index in [1.165, 1.54) is 24.2 Å². The summed E-state index contributed by atoms with van der Waals surface area (Å²) in [4.78, 5) is 26.0. The Morgan fingerprint density at radius 3 is 2.64 bits per heavy atom. The average Bonchev–Trinajstić information content (AvgIpc) is 2.71. The summed E-state index contributed by atoms with van der Waals surface area (Å²) in [6.07, 6.45) is 5.81. The van der Waals surface area contributed by atoms with Crippen molar-refractivity contribution >= 4 is 17.4 Å². The van der Waals surface area contributed by atoms with E-state index >= 15 is 0 Å². The topological polar surface area (TPSA) is 81.7 Å². The molecule has 1 saturated carbocycles. The lowest BCUT2D eigenvalue weighted by molar-refractivity contribution is -0.113. The number of allylic oxidation sites excluding steroid dienone is 2. The summed E-state index contributed by atoms with van der Waals surface area (Å²) in [6, 6.07) is 5.21. The van der Waals surface area contributed by atoms with Gasteiger partial charge in [0.2, 0.25) is 5.78 Å². The van der Waals surface area contributed by atoms with E-state index in [0.29, 0.717) is 28.9 Å². The lowest BCUT2D eigenvalue weighted by Crippen LogP contribution is -2.44. The zero-order chi connectivity index (χ0) is 20.4. The van der Waals surface area contributed by atoms with Crippen molar-refractivity contribution in [2.75, 3.05) is 19.4 Å². The first kappa shape index (κ1) is 20.0. The Morgan fingerprint density at radius 1 is 1.25 bits per heavy atom. The van der Waals surface area contributed by atoms with E-state index in [1.807, 2.05) is 0 Å². The largest absolute Gasteiger partial charge is 0.505 e. The second kappa shape index (κ2) is 8.09. The van der Waals surface area contributed by atoms with Gasteiger partial charge in [0.25, 0.3) is 5.91 Å². The minimum Gasteiger partial charge on any atom is -0.505 e. The van der Waals surface area contributed by atoms with Gasteiger partial charge in [-0.3, -0.25) is 9.59 Å². The van der Waals surface area contributed by atoms with E-state index in [9.17, 15) is 14.7 Å². The summed E-state index contributed by atoms with van der Waals surface area (Å²) in [5.41, 5.74) is 2.10. The molecule has 0 spiro atoms. The average molecular weight is 383 g/mol. The number of carbonyl (C=O) groups is 2. The number of benzene rings is 1. The molecule has 0 unspecified atom stereocenters. The molecule has 0 aliphatic heterocycles. The standard InChI is InChI=1S/C22H29N3O3/c1-5-14-9-6-7-11-16(14)23-18-13(2)20(26)19(18)24-17-12-8-10-15(21(17)27)22(28)25(3)4/h8,10,12,14,16,23-24,27H,2,5-7,9,11H2,1,3-4H3/t14-,16-/m1/s1. The van der Waals surface area contributed by atoms with E-state index in [0.717, 1.165) is 18.5 Å². The summed E-state index contributed by atoms with van der Waals surface area (Å²) in [5, 5.41) is 17.1. The van der Waals surface area contributed by atoms with E-state index in [1.54, 1.807) is 32.3 Å².